The van der Waals surface area contributed by atoms with Crippen molar-refractivity contribution in [3.8, 4) is 0 Å². The van der Waals surface area contributed by atoms with Crippen molar-refractivity contribution in [2.24, 2.45) is 5.73 Å². The first-order chi connectivity index (χ1) is 13.6. The number of hydrogen-bond acceptors (Lipinski definition) is 8. The summed E-state index contributed by atoms with van der Waals surface area (Å²) in [5.74, 6) is -2.48. The number of carbonyl (C=O) groups is 3. The third kappa shape index (κ3) is 3.19. The van der Waals surface area contributed by atoms with Crippen LogP contribution in [0.5, 0.6) is 0 Å². The summed E-state index contributed by atoms with van der Waals surface area (Å²) in [5, 5.41) is 2.92. The summed E-state index contributed by atoms with van der Waals surface area (Å²) in [4.78, 5) is 39.3. The number of esters is 3. The van der Waals surface area contributed by atoms with E-state index in [1.165, 1.54) is 6.92 Å². The van der Waals surface area contributed by atoms with Gasteiger partial charge in [0.15, 0.2) is 5.41 Å². The van der Waals surface area contributed by atoms with Crippen LogP contribution in [-0.4, -0.2) is 30.6 Å². The molecule has 2 aliphatic rings. The lowest BCUT2D eigenvalue weighted by Crippen LogP contribution is -2.48. The molecule has 1 spiro atoms. The van der Waals surface area contributed by atoms with Gasteiger partial charge in [-0.3, -0.25) is 0 Å². The Morgan fingerprint density at radius 2 is 1.97 bits per heavy atom. The molecule has 2 heterocycles. The van der Waals surface area contributed by atoms with Crippen LogP contribution in [0.1, 0.15) is 33.3 Å². The molecule has 9 heteroatoms. The molecular formula is C20H21BrN2O6. The lowest BCUT2D eigenvalue weighted by Gasteiger charge is -2.36. The summed E-state index contributed by atoms with van der Waals surface area (Å²) in [6, 6.07) is 5.06. The maximum Gasteiger partial charge on any atom is 0.339 e. The van der Waals surface area contributed by atoms with E-state index in [1.807, 2.05) is 0 Å². The number of rotatable bonds is 4. The Hall–Kier alpha value is -2.81. The van der Waals surface area contributed by atoms with Gasteiger partial charge in [0.2, 0.25) is 0 Å². The molecular weight excluding hydrogens is 444 g/mol. The Kier molecular flexibility index (Phi) is 5.44. The smallest absolute Gasteiger partial charge is 0.339 e. The molecule has 1 aromatic rings. The average molecular weight is 465 g/mol. The van der Waals surface area contributed by atoms with Crippen LogP contribution in [0.25, 0.3) is 0 Å². The van der Waals surface area contributed by atoms with Crippen molar-refractivity contribution in [1.29, 1.82) is 0 Å². The Bertz CT molecular complexity index is 981. The second-order valence-electron chi connectivity index (χ2n) is 6.85. The minimum Gasteiger partial charge on any atom is -0.462 e. The standard InChI is InChI=1S/C20H21BrN2O6/c1-5-27-17(24)15-16(22)23-13-7-6-11(21)8-12(13)20(15)14(10(4)29-19(20)26)18(25)28-9(2)3/h6-9,23H,5,22H2,1-4H3. The van der Waals surface area contributed by atoms with E-state index in [1.54, 1.807) is 39.0 Å². The van der Waals surface area contributed by atoms with Crippen LogP contribution in [0, 0.1) is 0 Å². The Labute approximate surface area is 176 Å². The number of nitrogens with two attached hydrogens (primary N) is 1. The molecule has 1 atom stereocenters. The molecule has 0 saturated heterocycles. The highest BCUT2D eigenvalue weighted by Gasteiger charge is 2.63. The monoisotopic (exact) mass is 464 g/mol. The van der Waals surface area contributed by atoms with Gasteiger partial charge in [-0.1, -0.05) is 15.9 Å². The summed E-state index contributed by atoms with van der Waals surface area (Å²) >= 11 is 3.38. The van der Waals surface area contributed by atoms with E-state index in [2.05, 4.69) is 21.2 Å². The first-order valence-corrected chi connectivity index (χ1v) is 9.82. The molecule has 0 bridgehead atoms. The normalized spacial score (nSPS) is 20.6. The van der Waals surface area contributed by atoms with Gasteiger partial charge in [-0.15, -0.1) is 0 Å². The topological polar surface area (TPSA) is 117 Å². The molecule has 154 valence electrons. The van der Waals surface area contributed by atoms with Gasteiger partial charge < -0.3 is 25.3 Å². The number of allylic oxidation sites excluding steroid dienone is 1. The molecule has 2 aliphatic heterocycles. The van der Waals surface area contributed by atoms with Crippen molar-refractivity contribution in [3.63, 3.8) is 0 Å². The van der Waals surface area contributed by atoms with E-state index >= 15 is 0 Å². The molecule has 3 N–H and O–H groups in total. The third-order valence-corrected chi connectivity index (χ3v) is 5.10. The second kappa shape index (κ2) is 7.55. The van der Waals surface area contributed by atoms with Crippen LogP contribution < -0.4 is 11.1 Å². The van der Waals surface area contributed by atoms with E-state index in [9.17, 15) is 14.4 Å². The predicted octanol–water partition coefficient (Wildman–Crippen LogP) is 2.63. The number of halogens is 1. The van der Waals surface area contributed by atoms with Crippen molar-refractivity contribution >= 4 is 39.5 Å². The molecule has 29 heavy (non-hydrogen) atoms. The highest BCUT2D eigenvalue weighted by Crippen LogP contribution is 2.53. The molecule has 3 rings (SSSR count). The highest BCUT2D eigenvalue weighted by molar-refractivity contribution is 9.10. The Morgan fingerprint density at radius 1 is 1.28 bits per heavy atom. The van der Waals surface area contributed by atoms with Gasteiger partial charge in [0.25, 0.3) is 0 Å². The second-order valence-corrected chi connectivity index (χ2v) is 7.76. The summed E-state index contributed by atoms with van der Waals surface area (Å²) in [5.41, 5.74) is 4.75. The first kappa shape index (κ1) is 20.9. The van der Waals surface area contributed by atoms with E-state index in [4.69, 9.17) is 19.9 Å². The Balaban J connectivity index is 2.39. The summed E-state index contributed by atoms with van der Waals surface area (Å²) in [6.45, 7) is 6.52. The fourth-order valence-electron chi connectivity index (χ4n) is 3.62. The van der Waals surface area contributed by atoms with Crippen molar-refractivity contribution in [1.82, 2.24) is 0 Å². The van der Waals surface area contributed by atoms with Gasteiger partial charge in [0.1, 0.15) is 22.7 Å². The third-order valence-electron chi connectivity index (χ3n) is 4.60. The number of carbonyl (C=O) groups excluding carboxylic acids is 3. The lowest BCUT2D eigenvalue weighted by atomic mass is 9.67. The van der Waals surface area contributed by atoms with Gasteiger partial charge in [-0.25, -0.2) is 14.4 Å². The van der Waals surface area contributed by atoms with Crippen LogP contribution in [0.2, 0.25) is 0 Å². The maximum atomic E-state index is 13.3. The summed E-state index contributed by atoms with van der Waals surface area (Å²) in [6.07, 6.45) is -0.452. The SMILES string of the molecule is CCOC(=O)C1=C(N)Nc2ccc(Br)cc2C12C(=O)OC(C)=C2C(=O)OC(C)C. The van der Waals surface area contributed by atoms with E-state index < -0.39 is 29.4 Å². The van der Waals surface area contributed by atoms with E-state index in [0.29, 0.717) is 15.7 Å². The van der Waals surface area contributed by atoms with Gasteiger partial charge in [-0.05, 0) is 45.9 Å². The molecule has 0 aliphatic carbocycles. The first-order valence-electron chi connectivity index (χ1n) is 9.03. The highest BCUT2D eigenvalue weighted by atomic mass is 79.9. The van der Waals surface area contributed by atoms with Crippen LogP contribution in [0.3, 0.4) is 0 Å². The molecule has 0 aromatic heterocycles. The molecule has 0 amide bonds. The average Bonchev–Trinajstić information content (AvgIpc) is 2.86. The Morgan fingerprint density at radius 3 is 2.59 bits per heavy atom. The number of fused-ring (bicyclic) bond motifs is 2. The molecule has 1 unspecified atom stereocenters. The number of nitrogens with one attached hydrogen (secondary N) is 1. The van der Waals surface area contributed by atoms with E-state index in [0.717, 1.165) is 0 Å². The molecule has 0 fully saturated rings. The number of ether oxygens (including phenoxy) is 3. The van der Waals surface area contributed by atoms with Gasteiger partial charge >= 0.3 is 17.9 Å². The zero-order valence-electron chi connectivity index (χ0n) is 16.4. The summed E-state index contributed by atoms with van der Waals surface area (Å²) in [7, 11) is 0. The van der Waals surface area contributed by atoms with E-state index in [-0.39, 0.29) is 29.3 Å². The minimum atomic E-state index is -1.91. The number of hydrogen-bond donors (Lipinski definition) is 2. The predicted molar refractivity (Wildman–Crippen MR) is 107 cm³/mol. The molecule has 1 aromatic carbocycles. The largest absolute Gasteiger partial charge is 0.462 e. The quantitative estimate of drug-likeness (QED) is 0.515. The molecule has 8 nitrogen and oxygen atoms in total. The minimum absolute atomic E-state index is 0.0445. The van der Waals surface area contributed by atoms with Gasteiger partial charge in [0.05, 0.1) is 12.7 Å². The number of benzene rings is 1. The molecule has 0 radical (unpaired) electrons. The van der Waals surface area contributed by atoms with Crippen LogP contribution in [0.15, 0.2) is 45.4 Å². The summed E-state index contributed by atoms with van der Waals surface area (Å²) < 4.78 is 16.5. The van der Waals surface area contributed by atoms with Crippen molar-refractivity contribution in [2.45, 2.75) is 39.2 Å². The van der Waals surface area contributed by atoms with Crippen molar-refractivity contribution in [2.75, 3.05) is 11.9 Å². The van der Waals surface area contributed by atoms with Crippen LogP contribution >= 0.6 is 15.9 Å². The lowest BCUT2D eigenvalue weighted by molar-refractivity contribution is -0.148. The van der Waals surface area contributed by atoms with Crippen molar-refractivity contribution < 1.29 is 28.6 Å². The zero-order chi connectivity index (χ0) is 21.5. The van der Waals surface area contributed by atoms with Crippen molar-refractivity contribution in [3.05, 3.63) is 51.0 Å². The number of cyclic esters (lactones) is 1. The maximum absolute atomic E-state index is 13.3. The van der Waals surface area contributed by atoms with Crippen LogP contribution in [0.4, 0.5) is 5.69 Å². The fourth-order valence-corrected chi connectivity index (χ4v) is 3.98. The van der Waals surface area contributed by atoms with Crippen LogP contribution in [-0.2, 0) is 34.0 Å². The van der Waals surface area contributed by atoms with Gasteiger partial charge in [0, 0.05) is 15.7 Å². The van der Waals surface area contributed by atoms with Gasteiger partial charge in [-0.2, -0.15) is 0 Å². The number of anilines is 1. The molecule has 0 saturated carbocycles. The zero-order valence-corrected chi connectivity index (χ0v) is 18.0. The fraction of sp³-hybridized carbons (Fsp3) is 0.350.